The van der Waals surface area contributed by atoms with Crippen LogP contribution < -0.4 is 4.74 Å². The first-order valence-corrected chi connectivity index (χ1v) is 10.2. The summed E-state index contributed by atoms with van der Waals surface area (Å²) >= 11 is 0. The lowest BCUT2D eigenvalue weighted by atomic mass is 10.3. The van der Waals surface area contributed by atoms with Gasteiger partial charge < -0.3 is 4.74 Å². The molecule has 0 spiro atoms. The number of hydrogen-bond acceptors (Lipinski definition) is 5. The molecular formula is C24H18N6O2. The zero-order chi connectivity index (χ0) is 21.7. The van der Waals surface area contributed by atoms with Crippen molar-refractivity contribution >= 4 is 33.8 Å². The Morgan fingerprint density at radius 3 is 2.59 bits per heavy atom. The zero-order valence-electron chi connectivity index (χ0n) is 17.2. The lowest BCUT2D eigenvalue weighted by molar-refractivity contribution is -0.117. The van der Waals surface area contributed by atoms with Crippen LogP contribution in [0.15, 0.2) is 79.3 Å². The number of rotatable bonds is 5. The minimum atomic E-state index is 0.0315. The molecule has 0 aliphatic rings. The van der Waals surface area contributed by atoms with Crippen LogP contribution in [0.1, 0.15) is 6.92 Å². The van der Waals surface area contributed by atoms with E-state index in [1.165, 1.54) is 0 Å². The van der Waals surface area contributed by atoms with Gasteiger partial charge in [0.2, 0.25) is 5.78 Å². The average Bonchev–Trinajstić information content (AvgIpc) is 3.48. The van der Waals surface area contributed by atoms with Crippen molar-refractivity contribution in [3.8, 4) is 17.4 Å². The predicted octanol–water partition coefficient (Wildman–Crippen LogP) is 4.40. The number of nitrogens with zero attached hydrogens (tertiary/aromatic N) is 6. The van der Waals surface area contributed by atoms with Crippen molar-refractivity contribution in [3.63, 3.8) is 0 Å². The number of benzene rings is 2. The fourth-order valence-electron chi connectivity index (χ4n) is 4.01. The van der Waals surface area contributed by atoms with Crippen molar-refractivity contribution in [2.75, 3.05) is 0 Å². The molecule has 0 radical (unpaired) electrons. The molecule has 0 aliphatic carbocycles. The number of carbonyl (C=O) groups excluding carboxylic acids is 1. The van der Waals surface area contributed by atoms with Crippen LogP contribution in [0.25, 0.3) is 33.7 Å². The van der Waals surface area contributed by atoms with Gasteiger partial charge in [0.05, 0.1) is 28.8 Å². The summed E-state index contributed by atoms with van der Waals surface area (Å²) in [6.07, 6.45) is 5.47. The number of ketones is 1. The Morgan fingerprint density at radius 1 is 0.938 bits per heavy atom. The van der Waals surface area contributed by atoms with Gasteiger partial charge in [-0.3, -0.25) is 18.3 Å². The number of ether oxygens (including phenoxy) is 1. The molecule has 6 rings (SSSR count). The average molecular weight is 422 g/mol. The standard InChI is InChI=1S/C24H18N6O2/c1-16(31)15-29-20-6-3-2-5-19(20)27-24(29)32-18-10-8-17(9-11-18)30-22-21(7-4-12-25-22)28-14-13-26-23(28)30/h2-14H,15H2,1H3. The number of carbonyl (C=O) groups is 1. The highest BCUT2D eigenvalue weighted by Crippen LogP contribution is 2.28. The Morgan fingerprint density at radius 2 is 1.75 bits per heavy atom. The highest BCUT2D eigenvalue weighted by Gasteiger charge is 2.16. The maximum Gasteiger partial charge on any atom is 0.303 e. The summed E-state index contributed by atoms with van der Waals surface area (Å²) in [5, 5.41) is 0. The number of hydrogen-bond donors (Lipinski definition) is 0. The van der Waals surface area contributed by atoms with Crippen LogP contribution in [0.2, 0.25) is 0 Å². The van der Waals surface area contributed by atoms with E-state index in [1.54, 1.807) is 23.9 Å². The number of pyridine rings is 1. The Labute approximate surface area is 182 Å². The second-order valence-electron chi connectivity index (χ2n) is 7.55. The molecule has 2 aromatic carbocycles. The predicted molar refractivity (Wildman–Crippen MR) is 120 cm³/mol. The van der Waals surface area contributed by atoms with E-state index < -0.39 is 0 Å². The Hall–Kier alpha value is -4.46. The fourth-order valence-corrected chi connectivity index (χ4v) is 4.01. The van der Waals surface area contributed by atoms with Crippen molar-refractivity contribution in [2.24, 2.45) is 0 Å². The van der Waals surface area contributed by atoms with Crippen LogP contribution in [0.5, 0.6) is 11.8 Å². The smallest absolute Gasteiger partial charge is 0.303 e. The van der Waals surface area contributed by atoms with E-state index in [2.05, 4.69) is 15.0 Å². The summed E-state index contributed by atoms with van der Waals surface area (Å²) in [6.45, 7) is 1.76. The summed E-state index contributed by atoms with van der Waals surface area (Å²) in [6, 6.07) is 19.7. The van der Waals surface area contributed by atoms with Crippen LogP contribution in [0.3, 0.4) is 0 Å². The molecule has 0 amide bonds. The van der Waals surface area contributed by atoms with Gasteiger partial charge >= 0.3 is 6.01 Å². The number of imidazole rings is 3. The van der Waals surface area contributed by atoms with Gasteiger partial charge in [0, 0.05) is 18.6 Å². The largest absolute Gasteiger partial charge is 0.425 e. The van der Waals surface area contributed by atoms with E-state index in [9.17, 15) is 4.79 Å². The van der Waals surface area contributed by atoms with E-state index >= 15 is 0 Å². The fraction of sp³-hybridized carbons (Fsp3) is 0.0833. The first-order chi connectivity index (χ1) is 15.7. The quantitative estimate of drug-likeness (QED) is 0.411. The highest BCUT2D eigenvalue weighted by molar-refractivity contribution is 5.82. The molecule has 4 heterocycles. The van der Waals surface area contributed by atoms with E-state index in [1.807, 2.05) is 75.8 Å². The van der Waals surface area contributed by atoms with Crippen molar-refractivity contribution in [1.82, 2.24) is 28.5 Å². The SMILES string of the molecule is CC(=O)Cn1c(Oc2ccc(-n3c4ncccc4n4ccnc34)cc2)nc2ccccc21. The molecule has 8 nitrogen and oxygen atoms in total. The minimum absolute atomic E-state index is 0.0315. The lowest BCUT2D eigenvalue weighted by Gasteiger charge is -2.09. The number of Topliss-reactive ketones (excluding diaryl/α,β-unsaturated/α-hetero) is 1. The van der Waals surface area contributed by atoms with Crippen molar-refractivity contribution < 1.29 is 9.53 Å². The summed E-state index contributed by atoms with van der Waals surface area (Å²) in [7, 11) is 0. The van der Waals surface area contributed by atoms with Crippen LogP contribution in [0, 0.1) is 0 Å². The Kier molecular flexibility index (Phi) is 4.04. The second kappa shape index (κ2) is 7.05. The number of fused-ring (bicyclic) bond motifs is 4. The first kappa shape index (κ1) is 18.3. The maximum atomic E-state index is 11.8. The summed E-state index contributed by atoms with van der Waals surface area (Å²) in [5.74, 6) is 1.44. The maximum absolute atomic E-state index is 11.8. The van der Waals surface area contributed by atoms with E-state index in [0.717, 1.165) is 33.7 Å². The lowest BCUT2D eigenvalue weighted by Crippen LogP contribution is -2.07. The molecule has 0 saturated heterocycles. The van der Waals surface area contributed by atoms with Crippen LogP contribution in [-0.2, 0) is 11.3 Å². The topological polar surface area (TPSA) is 79.2 Å². The third-order valence-electron chi connectivity index (χ3n) is 5.36. The minimum Gasteiger partial charge on any atom is -0.425 e. The van der Waals surface area contributed by atoms with E-state index in [0.29, 0.717) is 11.8 Å². The molecule has 0 N–H and O–H groups in total. The van der Waals surface area contributed by atoms with Crippen molar-refractivity contribution in [1.29, 1.82) is 0 Å². The van der Waals surface area contributed by atoms with E-state index in [-0.39, 0.29) is 12.3 Å². The molecule has 6 aromatic rings. The number of aromatic nitrogens is 6. The normalized spacial score (nSPS) is 11.5. The van der Waals surface area contributed by atoms with Gasteiger partial charge in [-0.15, -0.1) is 0 Å². The van der Waals surface area contributed by atoms with Gasteiger partial charge in [0.15, 0.2) is 5.65 Å². The summed E-state index contributed by atoms with van der Waals surface area (Å²) in [4.78, 5) is 25.4. The summed E-state index contributed by atoms with van der Waals surface area (Å²) < 4.78 is 11.9. The van der Waals surface area contributed by atoms with Gasteiger partial charge in [-0.1, -0.05) is 12.1 Å². The van der Waals surface area contributed by atoms with Crippen LogP contribution >= 0.6 is 0 Å². The van der Waals surface area contributed by atoms with Gasteiger partial charge in [-0.05, 0) is 55.5 Å². The third kappa shape index (κ3) is 2.84. The van der Waals surface area contributed by atoms with Gasteiger partial charge in [-0.2, -0.15) is 4.98 Å². The zero-order valence-corrected chi connectivity index (χ0v) is 17.2. The summed E-state index contributed by atoms with van der Waals surface area (Å²) in [5.41, 5.74) is 4.37. The molecule has 0 aliphatic heterocycles. The molecule has 32 heavy (non-hydrogen) atoms. The Balaban J connectivity index is 1.39. The van der Waals surface area contributed by atoms with Gasteiger partial charge in [-0.25, -0.2) is 9.97 Å². The number of para-hydroxylation sites is 2. The molecule has 0 fully saturated rings. The first-order valence-electron chi connectivity index (χ1n) is 10.2. The molecule has 0 saturated carbocycles. The van der Waals surface area contributed by atoms with Crippen molar-refractivity contribution in [2.45, 2.75) is 13.5 Å². The molecule has 0 unspecified atom stereocenters. The second-order valence-corrected chi connectivity index (χ2v) is 7.55. The van der Waals surface area contributed by atoms with E-state index in [4.69, 9.17) is 4.74 Å². The molecule has 4 aromatic heterocycles. The van der Waals surface area contributed by atoms with Crippen molar-refractivity contribution in [3.05, 3.63) is 79.3 Å². The molecule has 8 heteroatoms. The monoisotopic (exact) mass is 422 g/mol. The van der Waals surface area contributed by atoms with Crippen LogP contribution in [0.4, 0.5) is 0 Å². The molecule has 156 valence electrons. The molecule has 0 bridgehead atoms. The van der Waals surface area contributed by atoms with Gasteiger partial charge in [0.1, 0.15) is 11.5 Å². The Bertz CT molecular complexity index is 1610. The van der Waals surface area contributed by atoms with Gasteiger partial charge in [0.25, 0.3) is 0 Å². The third-order valence-corrected chi connectivity index (χ3v) is 5.36. The van der Waals surface area contributed by atoms with Crippen LogP contribution in [-0.4, -0.2) is 34.3 Å². The highest BCUT2D eigenvalue weighted by atomic mass is 16.5. The molecular weight excluding hydrogens is 404 g/mol. The molecule has 0 atom stereocenters.